The molecule has 1 aromatic carbocycles. The molecule has 0 radical (unpaired) electrons. The van der Waals surface area contributed by atoms with Gasteiger partial charge in [-0.25, -0.2) is 4.79 Å². The molecule has 1 atom stereocenters. The standard InChI is InChI=1S/C20H32N2O3/c1-15(2)11-17(14-22-19(24)25-20(3,4)5)12-18(23)21-13-16-9-7-6-8-10-16/h6-10,15,17H,11-14H2,1-5H3,(H,21,23)(H,22,24). The molecule has 0 spiro atoms. The Labute approximate surface area is 151 Å². The van der Waals surface area contributed by atoms with E-state index in [1.807, 2.05) is 51.1 Å². The average Bonchev–Trinajstić information content (AvgIpc) is 2.49. The number of amides is 2. The monoisotopic (exact) mass is 348 g/mol. The zero-order valence-corrected chi connectivity index (χ0v) is 16.1. The summed E-state index contributed by atoms with van der Waals surface area (Å²) in [4.78, 5) is 24.0. The second-order valence-electron chi connectivity index (χ2n) is 7.84. The normalized spacial score (nSPS) is 12.6. The van der Waals surface area contributed by atoms with Gasteiger partial charge in [0.15, 0.2) is 0 Å². The van der Waals surface area contributed by atoms with Gasteiger partial charge in [-0.05, 0) is 44.6 Å². The molecule has 0 aliphatic heterocycles. The van der Waals surface area contributed by atoms with E-state index in [1.165, 1.54) is 0 Å². The summed E-state index contributed by atoms with van der Waals surface area (Å²) < 4.78 is 5.25. The predicted octanol–water partition coefficient (Wildman–Crippen LogP) is 3.88. The lowest BCUT2D eigenvalue weighted by Gasteiger charge is -2.22. The summed E-state index contributed by atoms with van der Waals surface area (Å²) in [5.41, 5.74) is 0.549. The molecular weight excluding hydrogens is 316 g/mol. The van der Waals surface area contributed by atoms with E-state index in [0.717, 1.165) is 12.0 Å². The molecule has 0 aliphatic rings. The van der Waals surface area contributed by atoms with Crippen molar-refractivity contribution in [1.29, 1.82) is 0 Å². The SMILES string of the molecule is CC(C)CC(CNC(=O)OC(C)(C)C)CC(=O)NCc1ccccc1. The van der Waals surface area contributed by atoms with Crippen molar-refractivity contribution in [1.82, 2.24) is 10.6 Å². The molecule has 140 valence electrons. The Kier molecular flexibility index (Phi) is 8.46. The largest absolute Gasteiger partial charge is 0.444 e. The zero-order chi connectivity index (χ0) is 18.9. The van der Waals surface area contributed by atoms with Crippen LogP contribution in [0.2, 0.25) is 0 Å². The molecule has 1 rings (SSSR count). The molecule has 0 bridgehead atoms. The Bertz CT molecular complexity index is 536. The van der Waals surface area contributed by atoms with Gasteiger partial charge < -0.3 is 15.4 Å². The smallest absolute Gasteiger partial charge is 0.407 e. The van der Waals surface area contributed by atoms with Gasteiger partial charge in [-0.3, -0.25) is 4.79 Å². The van der Waals surface area contributed by atoms with Crippen LogP contribution >= 0.6 is 0 Å². The van der Waals surface area contributed by atoms with E-state index in [4.69, 9.17) is 4.74 Å². The van der Waals surface area contributed by atoms with Gasteiger partial charge in [-0.15, -0.1) is 0 Å². The van der Waals surface area contributed by atoms with E-state index >= 15 is 0 Å². The Balaban J connectivity index is 2.45. The lowest BCUT2D eigenvalue weighted by molar-refractivity contribution is -0.122. The molecule has 0 saturated carbocycles. The van der Waals surface area contributed by atoms with Crippen LogP contribution in [0.3, 0.4) is 0 Å². The first-order chi connectivity index (χ1) is 11.7. The highest BCUT2D eigenvalue weighted by Crippen LogP contribution is 2.15. The topological polar surface area (TPSA) is 67.4 Å². The first-order valence-electron chi connectivity index (χ1n) is 8.93. The molecule has 5 heteroatoms. The van der Waals surface area contributed by atoms with Crippen molar-refractivity contribution in [2.24, 2.45) is 11.8 Å². The van der Waals surface area contributed by atoms with Crippen LogP contribution in [0.1, 0.15) is 53.0 Å². The highest BCUT2D eigenvalue weighted by atomic mass is 16.6. The zero-order valence-electron chi connectivity index (χ0n) is 16.1. The second-order valence-corrected chi connectivity index (χ2v) is 7.84. The number of hydrogen-bond acceptors (Lipinski definition) is 3. The van der Waals surface area contributed by atoms with Crippen LogP contribution in [0.25, 0.3) is 0 Å². The van der Waals surface area contributed by atoms with Gasteiger partial charge >= 0.3 is 6.09 Å². The number of hydrogen-bond donors (Lipinski definition) is 2. The summed E-state index contributed by atoms with van der Waals surface area (Å²) in [6, 6.07) is 9.82. The molecule has 1 aromatic rings. The minimum absolute atomic E-state index is 0.000455. The second kappa shape index (κ2) is 10.1. The van der Waals surface area contributed by atoms with Gasteiger partial charge in [0.1, 0.15) is 5.60 Å². The third-order valence-corrected chi connectivity index (χ3v) is 3.55. The van der Waals surface area contributed by atoms with Crippen molar-refractivity contribution >= 4 is 12.0 Å². The summed E-state index contributed by atoms with van der Waals surface area (Å²) in [6.07, 6.45) is 0.820. The molecule has 0 saturated heterocycles. The number of alkyl carbamates (subject to hydrolysis) is 1. The molecular formula is C20H32N2O3. The molecule has 2 amide bonds. The number of rotatable bonds is 8. The summed E-state index contributed by atoms with van der Waals surface area (Å²) in [7, 11) is 0. The molecule has 1 unspecified atom stereocenters. The first kappa shape index (κ1) is 21.0. The Hall–Kier alpha value is -2.04. The fourth-order valence-electron chi connectivity index (χ4n) is 2.58. The van der Waals surface area contributed by atoms with Crippen molar-refractivity contribution in [2.75, 3.05) is 6.54 Å². The highest BCUT2D eigenvalue weighted by molar-refractivity contribution is 5.76. The molecule has 0 heterocycles. The fourth-order valence-corrected chi connectivity index (χ4v) is 2.58. The summed E-state index contributed by atoms with van der Waals surface area (Å²) >= 11 is 0. The van der Waals surface area contributed by atoms with Crippen LogP contribution < -0.4 is 10.6 Å². The van der Waals surface area contributed by atoms with Crippen molar-refractivity contribution in [2.45, 2.75) is 59.6 Å². The van der Waals surface area contributed by atoms with Gasteiger partial charge in [0, 0.05) is 19.5 Å². The van der Waals surface area contributed by atoms with Gasteiger partial charge in [0.25, 0.3) is 0 Å². The molecule has 5 nitrogen and oxygen atoms in total. The Morgan fingerprint density at radius 3 is 2.28 bits per heavy atom. The minimum atomic E-state index is -0.523. The van der Waals surface area contributed by atoms with E-state index in [1.54, 1.807) is 0 Å². The lowest BCUT2D eigenvalue weighted by atomic mass is 9.93. The van der Waals surface area contributed by atoms with E-state index in [-0.39, 0.29) is 11.8 Å². The highest BCUT2D eigenvalue weighted by Gasteiger charge is 2.19. The summed E-state index contributed by atoms with van der Waals surface area (Å²) in [6.45, 7) is 10.7. The van der Waals surface area contributed by atoms with Gasteiger partial charge in [0.05, 0.1) is 0 Å². The van der Waals surface area contributed by atoms with E-state index in [0.29, 0.717) is 25.4 Å². The van der Waals surface area contributed by atoms with Gasteiger partial charge in [-0.2, -0.15) is 0 Å². The Morgan fingerprint density at radius 2 is 1.72 bits per heavy atom. The average molecular weight is 348 g/mol. The third-order valence-electron chi connectivity index (χ3n) is 3.55. The molecule has 2 N–H and O–H groups in total. The molecule has 0 aromatic heterocycles. The summed E-state index contributed by atoms with van der Waals surface area (Å²) in [5.74, 6) is 0.538. The number of benzene rings is 1. The third kappa shape index (κ3) is 10.4. The quantitative estimate of drug-likeness (QED) is 0.749. The van der Waals surface area contributed by atoms with Gasteiger partial charge in [-0.1, -0.05) is 44.2 Å². The van der Waals surface area contributed by atoms with E-state index in [9.17, 15) is 9.59 Å². The molecule has 0 aliphatic carbocycles. The maximum Gasteiger partial charge on any atom is 0.407 e. The summed E-state index contributed by atoms with van der Waals surface area (Å²) in [5, 5.41) is 5.73. The number of ether oxygens (including phenoxy) is 1. The predicted molar refractivity (Wildman–Crippen MR) is 100 cm³/mol. The lowest BCUT2D eigenvalue weighted by Crippen LogP contribution is -2.37. The minimum Gasteiger partial charge on any atom is -0.444 e. The van der Waals surface area contributed by atoms with Crippen LogP contribution in [-0.2, 0) is 16.1 Å². The number of carbonyl (C=O) groups excluding carboxylic acids is 2. The van der Waals surface area contributed by atoms with Crippen molar-refractivity contribution in [3.63, 3.8) is 0 Å². The maximum atomic E-state index is 12.2. The first-order valence-corrected chi connectivity index (χ1v) is 8.93. The fraction of sp³-hybridized carbons (Fsp3) is 0.600. The van der Waals surface area contributed by atoms with Crippen molar-refractivity contribution in [3.8, 4) is 0 Å². The number of carbonyl (C=O) groups is 2. The van der Waals surface area contributed by atoms with Crippen LogP contribution in [0.4, 0.5) is 4.79 Å². The van der Waals surface area contributed by atoms with Crippen LogP contribution in [-0.4, -0.2) is 24.1 Å². The Morgan fingerprint density at radius 1 is 1.08 bits per heavy atom. The van der Waals surface area contributed by atoms with Crippen LogP contribution in [0.15, 0.2) is 30.3 Å². The van der Waals surface area contributed by atoms with Crippen molar-refractivity contribution < 1.29 is 14.3 Å². The van der Waals surface area contributed by atoms with Crippen LogP contribution in [0.5, 0.6) is 0 Å². The molecule has 25 heavy (non-hydrogen) atoms. The van der Waals surface area contributed by atoms with Crippen LogP contribution in [0, 0.1) is 11.8 Å². The molecule has 0 fully saturated rings. The number of nitrogens with one attached hydrogen (secondary N) is 2. The van der Waals surface area contributed by atoms with Gasteiger partial charge in [0.2, 0.25) is 5.91 Å². The van der Waals surface area contributed by atoms with E-state index in [2.05, 4.69) is 24.5 Å². The van der Waals surface area contributed by atoms with E-state index < -0.39 is 11.7 Å². The maximum absolute atomic E-state index is 12.2. The van der Waals surface area contributed by atoms with Crippen molar-refractivity contribution in [3.05, 3.63) is 35.9 Å².